The van der Waals surface area contributed by atoms with Crippen LogP contribution in [-0.4, -0.2) is 33.7 Å². The highest BCUT2D eigenvalue weighted by Gasteiger charge is 2.32. The van der Waals surface area contributed by atoms with Crippen molar-refractivity contribution in [3.8, 4) is 0 Å². The summed E-state index contributed by atoms with van der Waals surface area (Å²) < 4.78 is 0. The Balaban J connectivity index is 2.06. The maximum absolute atomic E-state index is 13.8. The van der Waals surface area contributed by atoms with E-state index in [1.807, 2.05) is 44.2 Å². The van der Waals surface area contributed by atoms with Gasteiger partial charge in [-0.2, -0.15) is 0 Å². The third-order valence-electron chi connectivity index (χ3n) is 5.62. The van der Waals surface area contributed by atoms with E-state index in [1.165, 1.54) is 17.0 Å². The number of halogens is 2. The molecule has 0 bridgehead atoms. The number of nitrogens with zero attached hydrogens (tertiary/aromatic N) is 2. The summed E-state index contributed by atoms with van der Waals surface area (Å²) in [4.78, 5) is 39.6. The van der Waals surface area contributed by atoms with Crippen molar-refractivity contribution in [1.82, 2.24) is 10.2 Å². The highest BCUT2D eigenvalue weighted by Crippen LogP contribution is 2.28. The van der Waals surface area contributed by atoms with Crippen molar-refractivity contribution in [1.29, 1.82) is 0 Å². The maximum Gasteiger partial charge on any atom is 0.273 e. The molecule has 7 nitrogen and oxygen atoms in total. The predicted octanol–water partition coefficient (Wildman–Crippen LogP) is 5.61. The maximum atomic E-state index is 13.8. The number of nitro groups is 1. The second kappa shape index (κ2) is 12.5. The van der Waals surface area contributed by atoms with Crippen LogP contribution in [0, 0.1) is 10.1 Å². The van der Waals surface area contributed by atoms with Crippen molar-refractivity contribution in [2.24, 2.45) is 0 Å². The number of nitrogens with one attached hydrogen (secondary N) is 1. The van der Waals surface area contributed by atoms with Crippen molar-refractivity contribution in [2.75, 3.05) is 0 Å². The minimum atomic E-state index is -0.905. The van der Waals surface area contributed by atoms with Crippen molar-refractivity contribution in [3.05, 3.63) is 110 Å². The summed E-state index contributed by atoms with van der Waals surface area (Å²) in [6, 6.07) is 19.4. The number of amides is 2. The molecule has 188 valence electrons. The van der Waals surface area contributed by atoms with E-state index >= 15 is 0 Å². The lowest BCUT2D eigenvalue weighted by Crippen LogP contribution is -2.52. The van der Waals surface area contributed by atoms with Crippen LogP contribution in [0.15, 0.2) is 72.8 Å². The quantitative estimate of drug-likeness (QED) is 0.274. The zero-order chi connectivity index (χ0) is 26.2. The van der Waals surface area contributed by atoms with Crippen molar-refractivity contribution in [3.63, 3.8) is 0 Å². The molecule has 0 saturated heterocycles. The van der Waals surface area contributed by atoms with Gasteiger partial charge in [-0.25, -0.2) is 0 Å². The number of para-hydroxylation sites is 1. The molecule has 0 aliphatic carbocycles. The third kappa shape index (κ3) is 7.06. The molecule has 0 fully saturated rings. The lowest BCUT2D eigenvalue weighted by atomic mass is 10.0. The fourth-order valence-corrected chi connectivity index (χ4v) is 4.41. The highest BCUT2D eigenvalue weighted by molar-refractivity contribution is 6.36. The monoisotopic (exact) mass is 527 g/mol. The average molecular weight is 528 g/mol. The molecule has 0 unspecified atom stereocenters. The topological polar surface area (TPSA) is 92.6 Å². The molecule has 9 heteroatoms. The lowest BCUT2D eigenvalue weighted by molar-refractivity contribution is -0.385. The molecule has 0 heterocycles. The van der Waals surface area contributed by atoms with E-state index in [-0.39, 0.29) is 42.6 Å². The van der Waals surface area contributed by atoms with Gasteiger partial charge in [0.15, 0.2) is 0 Å². The van der Waals surface area contributed by atoms with Crippen LogP contribution in [0.1, 0.15) is 30.5 Å². The summed E-state index contributed by atoms with van der Waals surface area (Å²) in [6.45, 7) is 3.63. The third-order valence-corrected chi connectivity index (χ3v) is 6.33. The van der Waals surface area contributed by atoms with E-state index in [0.717, 1.165) is 5.56 Å². The minimum Gasteiger partial charge on any atom is -0.352 e. The molecule has 0 aliphatic rings. The van der Waals surface area contributed by atoms with Crippen LogP contribution in [0.5, 0.6) is 0 Å². The van der Waals surface area contributed by atoms with Gasteiger partial charge in [-0.3, -0.25) is 19.7 Å². The molecular weight excluding hydrogens is 501 g/mol. The van der Waals surface area contributed by atoms with E-state index in [1.54, 1.807) is 30.3 Å². The predicted molar refractivity (Wildman–Crippen MR) is 141 cm³/mol. The van der Waals surface area contributed by atoms with Gasteiger partial charge in [0.25, 0.3) is 5.69 Å². The van der Waals surface area contributed by atoms with Gasteiger partial charge in [0, 0.05) is 46.2 Å². The summed E-state index contributed by atoms with van der Waals surface area (Å²) in [5.41, 5.74) is 1.45. The van der Waals surface area contributed by atoms with Crippen molar-refractivity contribution < 1.29 is 14.5 Å². The van der Waals surface area contributed by atoms with Crippen LogP contribution in [0.25, 0.3) is 0 Å². The van der Waals surface area contributed by atoms with Crippen molar-refractivity contribution in [2.45, 2.75) is 45.3 Å². The summed E-state index contributed by atoms with van der Waals surface area (Å²) in [7, 11) is 0. The molecule has 0 spiro atoms. The standard InChI is InChI=1S/C27H27Cl2N3O4/c1-18(2)30-27(34)25(15-19-9-4-3-5-10-19)31(17-21-22(28)12-8-13-23(21)29)26(33)16-20-11-6-7-14-24(20)32(35)36/h3-14,18,25H,15-17H2,1-2H3,(H,30,34)/t25-/m1/s1. The molecule has 3 aromatic rings. The molecule has 36 heavy (non-hydrogen) atoms. The number of benzene rings is 3. The van der Waals surface area contributed by atoms with E-state index in [4.69, 9.17) is 23.2 Å². The molecule has 0 aromatic heterocycles. The summed E-state index contributed by atoms with van der Waals surface area (Å²) in [6.07, 6.45) is -0.0242. The van der Waals surface area contributed by atoms with Crippen LogP contribution in [0.2, 0.25) is 10.0 Å². The average Bonchev–Trinajstić information content (AvgIpc) is 2.83. The highest BCUT2D eigenvalue weighted by atomic mass is 35.5. The second-order valence-electron chi connectivity index (χ2n) is 8.65. The molecular formula is C27H27Cl2N3O4. The Kier molecular flexibility index (Phi) is 9.44. The molecule has 1 N–H and O–H groups in total. The molecule has 0 aliphatic heterocycles. The fraction of sp³-hybridized carbons (Fsp3) is 0.259. The van der Waals surface area contributed by atoms with E-state index in [9.17, 15) is 19.7 Å². The first kappa shape index (κ1) is 27.2. The first-order valence-electron chi connectivity index (χ1n) is 11.5. The number of carbonyl (C=O) groups is 2. The van der Waals surface area contributed by atoms with Gasteiger partial charge in [0.1, 0.15) is 6.04 Å². The molecule has 3 rings (SSSR count). The zero-order valence-electron chi connectivity index (χ0n) is 20.0. The largest absolute Gasteiger partial charge is 0.352 e. The van der Waals surface area contributed by atoms with Crippen LogP contribution in [0.4, 0.5) is 5.69 Å². The Hall–Kier alpha value is -3.42. The Morgan fingerprint density at radius 2 is 1.56 bits per heavy atom. The Morgan fingerprint density at radius 3 is 2.17 bits per heavy atom. The van der Waals surface area contributed by atoms with Crippen LogP contribution in [0.3, 0.4) is 0 Å². The molecule has 2 amide bonds. The summed E-state index contributed by atoms with van der Waals surface area (Å²) >= 11 is 12.8. The Morgan fingerprint density at radius 1 is 0.944 bits per heavy atom. The first-order chi connectivity index (χ1) is 17.2. The van der Waals surface area contributed by atoms with Crippen LogP contribution >= 0.6 is 23.2 Å². The summed E-state index contributed by atoms with van der Waals surface area (Å²) in [5, 5.41) is 15.2. The van der Waals surface area contributed by atoms with Crippen LogP contribution < -0.4 is 5.32 Å². The summed E-state index contributed by atoms with van der Waals surface area (Å²) in [5.74, 6) is -0.798. The number of nitro benzene ring substituents is 1. The van der Waals surface area contributed by atoms with Gasteiger partial charge < -0.3 is 10.2 Å². The Bertz CT molecular complexity index is 1210. The van der Waals surface area contributed by atoms with Crippen LogP contribution in [-0.2, 0) is 29.0 Å². The number of rotatable bonds is 10. The number of hydrogen-bond donors (Lipinski definition) is 1. The SMILES string of the molecule is CC(C)NC(=O)[C@@H](Cc1ccccc1)N(Cc1c(Cl)cccc1Cl)C(=O)Cc1ccccc1[N+](=O)[O-]. The number of carbonyl (C=O) groups excluding carboxylic acids is 2. The first-order valence-corrected chi connectivity index (χ1v) is 12.2. The second-order valence-corrected chi connectivity index (χ2v) is 9.47. The number of hydrogen-bond acceptors (Lipinski definition) is 4. The van der Waals surface area contributed by atoms with Gasteiger partial charge in [0.05, 0.1) is 11.3 Å². The van der Waals surface area contributed by atoms with Gasteiger partial charge in [-0.15, -0.1) is 0 Å². The minimum absolute atomic E-state index is 0.0407. The fourth-order valence-electron chi connectivity index (χ4n) is 3.89. The molecule has 0 radical (unpaired) electrons. The van der Waals surface area contributed by atoms with E-state index in [0.29, 0.717) is 15.6 Å². The smallest absolute Gasteiger partial charge is 0.273 e. The van der Waals surface area contributed by atoms with E-state index in [2.05, 4.69) is 5.32 Å². The van der Waals surface area contributed by atoms with E-state index < -0.39 is 16.9 Å². The van der Waals surface area contributed by atoms with Gasteiger partial charge in [-0.1, -0.05) is 77.8 Å². The van der Waals surface area contributed by atoms with Gasteiger partial charge in [0.2, 0.25) is 11.8 Å². The van der Waals surface area contributed by atoms with Gasteiger partial charge in [-0.05, 0) is 31.5 Å². The molecule has 0 saturated carbocycles. The lowest BCUT2D eigenvalue weighted by Gasteiger charge is -2.32. The Labute approximate surface area is 220 Å². The normalized spacial score (nSPS) is 11.7. The van der Waals surface area contributed by atoms with Gasteiger partial charge >= 0.3 is 0 Å². The van der Waals surface area contributed by atoms with Crippen molar-refractivity contribution >= 4 is 40.7 Å². The molecule has 3 aromatic carbocycles. The molecule has 1 atom stereocenters. The zero-order valence-corrected chi connectivity index (χ0v) is 21.5.